The number of halogens is 1. The molecule has 0 bridgehead atoms. The molecule has 2 aromatic rings. The molecular formula is C11H9BrN2OS. The fourth-order valence-corrected chi connectivity index (χ4v) is 2.08. The van der Waals surface area contributed by atoms with Gasteiger partial charge in [0.05, 0.1) is 5.69 Å². The van der Waals surface area contributed by atoms with Gasteiger partial charge in [0.2, 0.25) is 0 Å². The molecule has 1 aromatic heterocycles. The topological polar surface area (TPSA) is 37.8 Å². The zero-order chi connectivity index (χ0) is 11.7. The van der Waals surface area contributed by atoms with Crippen molar-refractivity contribution in [2.45, 2.75) is 6.92 Å². The van der Waals surface area contributed by atoms with Crippen LogP contribution in [0.5, 0.6) is 0 Å². The maximum absolute atomic E-state index is 11.1. The molecular weight excluding hydrogens is 288 g/mol. The minimum atomic E-state index is -0.186. The van der Waals surface area contributed by atoms with E-state index in [0.717, 1.165) is 15.7 Å². The Kier molecular flexibility index (Phi) is 3.07. The van der Waals surface area contributed by atoms with Gasteiger partial charge in [-0.2, -0.15) is 0 Å². The zero-order valence-corrected chi connectivity index (χ0v) is 10.9. The van der Waals surface area contributed by atoms with Crippen molar-refractivity contribution in [3.8, 4) is 5.69 Å². The van der Waals surface area contributed by atoms with Crippen LogP contribution in [0.2, 0.25) is 0 Å². The van der Waals surface area contributed by atoms with Crippen molar-refractivity contribution in [2.75, 3.05) is 0 Å². The lowest BCUT2D eigenvalue weighted by Crippen LogP contribution is -2.10. The average Bonchev–Trinajstić information content (AvgIpc) is 2.23. The molecule has 1 heterocycles. The van der Waals surface area contributed by atoms with Crippen LogP contribution in [0.3, 0.4) is 0 Å². The van der Waals surface area contributed by atoms with Crippen LogP contribution in [0, 0.1) is 11.7 Å². The molecule has 1 N–H and O–H groups in total. The number of H-pyrrole nitrogens is 1. The summed E-state index contributed by atoms with van der Waals surface area (Å²) in [5.41, 5.74) is 1.84. The number of nitrogens with one attached hydrogen (secondary N) is 1. The van der Waals surface area contributed by atoms with Gasteiger partial charge >= 0.3 is 0 Å². The van der Waals surface area contributed by atoms with Crippen LogP contribution in [0.1, 0.15) is 5.56 Å². The van der Waals surface area contributed by atoms with E-state index in [1.807, 2.05) is 25.1 Å². The van der Waals surface area contributed by atoms with E-state index in [-0.39, 0.29) is 5.56 Å². The molecule has 0 aliphatic carbocycles. The second kappa shape index (κ2) is 4.35. The van der Waals surface area contributed by atoms with Crippen molar-refractivity contribution >= 4 is 28.1 Å². The average molecular weight is 297 g/mol. The Labute approximate surface area is 106 Å². The third-order valence-electron chi connectivity index (χ3n) is 2.32. The monoisotopic (exact) mass is 296 g/mol. The predicted octanol–water partition coefficient (Wildman–Crippen LogP) is 2.97. The van der Waals surface area contributed by atoms with Gasteiger partial charge in [-0.05, 0) is 36.8 Å². The molecule has 3 nitrogen and oxygen atoms in total. The predicted molar refractivity (Wildman–Crippen MR) is 69.7 cm³/mol. The van der Waals surface area contributed by atoms with Crippen LogP contribution < -0.4 is 5.56 Å². The molecule has 0 fully saturated rings. The van der Waals surface area contributed by atoms with E-state index in [2.05, 4.69) is 20.9 Å². The molecule has 5 heteroatoms. The van der Waals surface area contributed by atoms with Gasteiger partial charge in [0, 0.05) is 16.7 Å². The lowest BCUT2D eigenvalue weighted by Gasteiger charge is -2.10. The molecule has 0 amide bonds. The van der Waals surface area contributed by atoms with Gasteiger partial charge in [0.1, 0.15) is 0 Å². The van der Waals surface area contributed by atoms with Crippen molar-refractivity contribution in [2.24, 2.45) is 0 Å². The first-order chi connectivity index (χ1) is 7.59. The highest BCUT2D eigenvalue weighted by molar-refractivity contribution is 9.10. The van der Waals surface area contributed by atoms with E-state index in [1.165, 1.54) is 6.07 Å². The summed E-state index contributed by atoms with van der Waals surface area (Å²) < 4.78 is 3.18. The number of aromatic amines is 1. The third kappa shape index (κ3) is 2.01. The van der Waals surface area contributed by atoms with Gasteiger partial charge in [-0.3, -0.25) is 14.3 Å². The molecule has 2 rings (SSSR count). The summed E-state index contributed by atoms with van der Waals surface area (Å²) >= 11 is 8.58. The van der Waals surface area contributed by atoms with Gasteiger partial charge in [0.15, 0.2) is 4.77 Å². The van der Waals surface area contributed by atoms with Crippen LogP contribution in [0.25, 0.3) is 5.69 Å². The van der Waals surface area contributed by atoms with Crippen molar-refractivity contribution in [1.29, 1.82) is 0 Å². The smallest absolute Gasteiger partial charge is 0.251 e. The van der Waals surface area contributed by atoms with Crippen molar-refractivity contribution < 1.29 is 0 Å². The van der Waals surface area contributed by atoms with Crippen LogP contribution in [-0.4, -0.2) is 9.55 Å². The highest BCUT2D eigenvalue weighted by Gasteiger charge is 2.03. The number of aromatic nitrogens is 2. The molecule has 0 aliphatic heterocycles. The minimum Gasteiger partial charge on any atom is -0.299 e. The normalized spacial score (nSPS) is 10.4. The van der Waals surface area contributed by atoms with E-state index in [1.54, 1.807) is 10.8 Å². The molecule has 0 atom stereocenters. The number of rotatable bonds is 1. The standard InChI is InChI=1S/C11H9BrN2OS/c1-7-8(12)3-2-4-9(7)14-6-5-10(15)13-11(14)16/h2-6H,1H3,(H,13,15,16). The highest BCUT2D eigenvalue weighted by Crippen LogP contribution is 2.22. The second-order valence-corrected chi connectivity index (χ2v) is 4.61. The van der Waals surface area contributed by atoms with Crippen molar-refractivity contribution in [3.05, 3.63) is 55.6 Å². The molecule has 16 heavy (non-hydrogen) atoms. The van der Waals surface area contributed by atoms with E-state index < -0.39 is 0 Å². The highest BCUT2D eigenvalue weighted by atomic mass is 79.9. The lowest BCUT2D eigenvalue weighted by atomic mass is 10.2. The van der Waals surface area contributed by atoms with Crippen molar-refractivity contribution in [1.82, 2.24) is 9.55 Å². The van der Waals surface area contributed by atoms with Crippen LogP contribution in [0.15, 0.2) is 39.7 Å². The Morgan fingerprint density at radius 1 is 1.38 bits per heavy atom. The maximum Gasteiger partial charge on any atom is 0.251 e. The Bertz CT molecular complexity index is 645. The SMILES string of the molecule is Cc1c(Br)cccc1-n1ccc(=O)[nH]c1=S. The van der Waals surface area contributed by atoms with E-state index in [4.69, 9.17) is 12.2 Å². The summed E-state index contributed by atoms with van der Waals surface area (Å²) in [5, 5.41) is 0. The molecule has 0 spiro atoms. The first-order valence-electron chi connectivity index (χ1n) is 4.67. The molecule has 1 aromatic carbocycles. The van der Waals surface area contributed by atoms with E-state index in [0.29, 0.717) is 4.77 Å². The summed E-state index contributed by atoms with van der Waals surface area (Å²) in [6.07, 6.45) is 1.68. The summed E-state index contributed by atoms with van der Waals surface area (Å²) in [7, 11) is 0. The number of hydrogen-bond acceptors (Lipinski definition) is 2. The summed E-state index contributed by atoms with van der Waals surface area (Å²) in [6, 6.07) is 7.30. The molecule has 0 radical (unpaired) electrons. The van der Waals surface area contributed by atoms with Crippen LogP contribution in [-0.2, 0) is 0 Å². The van der Waals surface area contributed by atoms with E-state index in [9.17, 15) is 4.79 Å². The molecule has 82 valence electrons. The maximum atomic E-state index is 11.1. The third-order valence-corrected chi connectivity index (χ3v) is 3.48. The van der Waals surface area contributed by atoms with Gasteiger partial charge in [-0.1, -0.05) is 22.0 Å². The van der Waals surface area contributed by atoms with Crippen LogP contribution in [0.4, 0.5) is 0 Å². The summed E-state index contributed by atoms with van der Waals surface area (Å²) in [5.74, 6) is 0. The molecule has 0 aliphatic rings. The number of hydrogen-bond donors (Lipinski definition) is 1. The zero-order valence-electron chi connectivity index (χ0n) is 8.53. The minimum absolute atomic E-state index is 0.186. The van der Waals surface area contributed by atoms with Gasteiger partial charge in [-0.25, -0.2) is 0 Å². The fourth-order valence-electron chi connectivity index (χ4n) is 1.46. The molecule has 0 unspecified atom stereocenters. The first kappa shape index (κ1) is 11.3. The molecule has 0 saturated carbocycles. The van der Waals surface area contributed by atoms with Gasteiger partial charge in [-0.15, -0.1) is 0 Å². The van der Waals surface area contributed by atoms with E-state index >= 15 is 0 Å². The summed E-state index contributed by atoms with van der Waals surface area (Å²) in [4.78, 5) is 13.7. The number of nitrogens with zero attached hydrogens (tertiary/aromatic N) is 1. The first-order valence-corrected chi connectivity index (χ1v) is 5.87. The van der Waals surface area contributed by atoms with Gasteiger partial charge < -0.3 is 0 Å². The fraction of sp³-hybridized carbons (Fsp3) is 0.0909. The summed E-state index contributed by atoms with van der Waals surface area (Å²) in [6.45, 7) is 1.99. The lowest BCUT2D eigenvalue weighted by molar-refractivity contribution is 0.928. The Morgan fingerprint density at radius 3 is 2.81 bits per heavy atom. The Balaban J connectivity index is 2.73. The quantitative estimate of drug-likeness (QED) is 0.822. The second-order valence-electron chi connectivity index (χ2n) is 3.36. The Hall–Kier alpha value is -1.20. The largest absolute Gasteiger partial charge is 0.299 e. The Morgan fingerprint density at radius 2 is 2.12 bits per heavy atom. The van der Waals surface area contributed by atoms with Crippen LogP contribution >= 0.6 is 28.1 Å². The molecule has 0 saturated heterocycles. The number of benzene rings is 1. The van der Waals surface area contributed by atoms with Crippen molar-refractivity contribution in [3.63, 3.8) is 0 Å². The van der Waals surface area contributed by atoms with Gasteiger partial charge in [0.25, 0.3) is 5.56 Å².